The van der Waals surface area contributed by atoms with Gasteiger partial charge in [0.25, 0.3) is 0 Å². The smallest absolute Gasteiger partial charge is 0.205 e. The van der Waals surface area contributed by atoms with Crippen molar-refractivity contribution in [1.82, 2.24) is 0 Å². The van der Waals surface area contributed by atoms with E-state index in [0.29, 0.717) is 3.82 Å². The number of rotatable bonds is 2. The minimum Gasteiger partial charge on any atom is -0.205 e. The largest absolute Gasteiger partial charge is 0.246 e. The van der Waals surface area contributed by atoms with E-state index >= 15 is 0 Å². The van der Waals surface area contributed by atoms with Gasteiger partial charge in [-0.05, 0) is 12.1 Å². The number of nitrogens with zero attached hydrogens (tertiary/aromatic N) is 1. The van der Waals surface area contributed by atoms with Gasteiger partial charge in [-0.2, -0.15) is 3.82 Å². The molecule has 0 radical (unpaired) electrons. The second-order valence-electron chi connectivity index (χ2n) is 2.70. The molecule has 0 aliphatic carbocycles. The third kappa shape index (κ3) is 3.04. The third-order valence-corrected chi connectivity index (χ3v) is 4.21. The van der Waals surface area contributed by atoms with Gasteiger partial charge in [-0.1, -0.05) is 34.8 Å². The lowest BCUT2D eigenvalue weighted by Gasteiger charge is -2.15. The second-order valence-corrected chi connectivity index (χ2v) is 6.29. The number of hydrogen-bond acceptors (Lipinski definition) is 2. The first-order chi connectivity index (χ1) is 6.73. The molecule has 1 rings (SSSR count). The van der Waals surface area contributed by atoms with Crippen LogP contribution in [-0.4, -0.2) is 14.7 Å². The minimum atomic E-state index is -3.60. The fraction of sp³-hybridized carbons (Fsp3) is 0.143. The molecule has 0 atom stereocenters. The van der Waals surface area contributed by atoms with Gasteiger partial charge in [0.1, 0.15) is 0 Å². The Morgan fingerprint density at radius 2 is 1.53 bits per heavy atom. The maximum Gasteiger partial charge on any atom is 0.246 e. The zero-order chi connectivity index (χ0) is 11.8. The van der Waals surface area contributed by atoms with Crippen molar-refractivity contribution in [3.63, 3.8) is 0 Å². The van der Waals surface area contributed by atoms with E-state index in [1.165, 1.54) is 12.1 Å². The standard InChI is InChI=1S/C7H5Cl4NO2S/c1-15(13,14)12(11)7-3-5(9)4(8)2-6(7)10/h2-3H,1H3. The number of sulfonamides is 1. The molecule has 0 aliphatic rings. The second kappa shape index (κ2) is 4.55. The quantitative estimate of drug-likeness (QED) is 0.619. The summed E-state index contributed by atoms with van der Waals surface area (Å²) in [6.07, 6.45) is 0.943. The van der Waals surface area contributed by atoms with Crippen LogP contribution in [-0.2, 0) is 10.0 Å². The SMILES string of the molecule is CS(=O)(=O)N(Cl)c1cc(Cl)c(Cl)cc1Cl. The van der Waals surface area contributed by atoms with E-state index in [0.717, 1.165) is 6.26 Å². The molecule has 0 amide bonds. The summed E-state index contributed by atoms with van der Waals surface area (Å²) in [6.45, 7) is 0. The van der Waals surface area contributed by atoms with Crippen molar-refractivity contribution in [2.75, 3.05) is 10.1 Å². The highest BCUT2D eigenvalue weighted by Crippen LogP contribution is 2.36. The van der Waals surface area contributed by atoms with Crippen LogP contribution in [0.25, 0.3) is 0 Å². The zero-order valence-corrected chi connectivity index (χ0v) is 11.2. The van der Waals surface area contributed by atoms with Crippen molar-refractivity contribution >= 4 is 62.3 Å². The van der Waals surface area contributed by atoms with E-state index in [1.54, 1.807) is 0 Å². The highest BCUT2D eigenvalue weighted by atomic mass is 35.5. The van der Waals surface area contributed by atoms with Gasteiger partial charge in [-0.15, -0.1) is 0 Å². The molecule has 0 heterocycles. The van der Waals surface area contributed by atoms with E-state index in [4.69, 9.17) is 46.6 Å². The molecule has 8 heteroatoms. The first kappa shape index (κ1) is 13.2. The van der Waals surface area contributed by atoms with Crippen LogP contribution in [0.4, 0.5) is 5.69 Å². The Labute approximate surface area is 108 Å². The molecule has 0 aliphatic heterocycles. The van der Waals surface area contributed by atoms with Crippen LogP contribution in [0, 0.1) is 0 Å². The molecule has 0 unspecified atom stereocenters. The van der Waals surface area contributed by atoms with Crippen LogP contribution in [0.5, 0.6) is 0 Å². The van der Waals surface area contributed by atoms with Crippen LogP contribution < -0.4 is 3.82 Å². The molecule has 0 bridgehead atoms. The lowest BCUT2D eigenvalue weighted by atomic mass is 10.3. The fourth-order valence-electron chi connectivity index (χ4n) is 0.825. The van der Waals surface area contributed by atoms with Crippen molar-refractivity contribution < 1.29 is 8.42 Å². The summed E-state index contributed by atoms with van der Waals surface area (Å²) >= 11 is 22.7. The highest BCUT2D eigenvalue weighted by Gasteiger charge is 2.19. The first-order valence-corrected chi connectivity index (χ1v) is 6.86. The van der Waals surface area contributed by atoms with Crippen molar-refractivity contribution in [1.29, 1.82) is 0 Å². The lowest BCUT2D eigenvalue weighted by Crippen LogP contribution is -2.19. The van der Waals surface area contributed by atoms with Crippen LogP contribution in [0.2, 0.25) is 15.1 Å². The molecule has 84 valence electrons. The molecule has 15 heavy (non-hydrogen) atoms. The van der Waals surface area contributed by atoms with Gasteiger partial charge in [0.05, 0.1) is 27.0 Å². The van der Waals surface area contributed by atoms with Gasteiger partial charge in [0.15, 0.2) is 0 Å². The number of benzene rings is 1. The molecule has 3 nitrogen and oxygen atoms in total. The van der Waals surface area contributed by atoms with Crippen LogP contribution in [0.3, 0.4) is 0 Å². The van der Waals surface area contributed by atoms with E-state index < -0.39 is 10.0 Å². The van der Waals surface area contributed by atoms with Gasteiger partial charge in [0.2, 0.25) is 10.0 Å². The molecule has 0 fully saturated rings. The highest BCUT2D eigenvalue weighted by molar-refractivity contribution is 7.93. The Morgan fingerprint density at radius 3 is 2.00 bits per heavy atom. The molecular weight excluding hydrogens is 304 g/mol. The van der Waals surface area contributed by atoms with E-state index in [9.17, 15) is 8.42 Å². The first-order valence-electron chi connectivity index (χ1n) is 3.54. The summed E-state index contributed by atoms with van der Waals surface area (Å²) in [7, 11) is -3.60. The van der Waals surface area contributed by atoms with E-state index in [2.05, 4.69) is 0 Å². The van der Waals surface area contributed by atoms with Gasteiger partial charge in [-0.3, -0.25) is 0 Å². The molecule has 0 saturated heterocycles. The summed E-state index contributed by atoms with van der Waals surface area (Å²) in [5.74, 6) is 0. The lowest BCUT2D eigenvalue weighted by molar-refractivity contribution is 0.603. The topological polar surface area (TPSA) is 37.4 Å². The van der Waals surface area contributed by atoms with Crippen LogP contribution in [0.15, 0.2) is 12.1 Å². The number of anilines is 1. The summed E-state index contributed by atoms with van der Waals surface area (Å²) in [6, 6.07) is 2.60. The summed E-state index contributed by atoms with van der Waals surface area (Å²) in [5, 5.41) is 0.499. The monoisotopic (exact) mass is 307 g/mol. The summed E-state index contributed by atoms with van der Waals surface area (Å²) in [5.41, 5.74) is 0.0650. The molecule has 1 aromatic carbocycles. The zero-order valence-electron chi connectivity index (χ0n) is 7.34. The fourth-order valence-corrected chi connectivity index (χ4v) is 2.19. The Kier molecular flexibility index (Phi) is 4.01. The Bertz CT molecular complexity index is 488. The molecule has 0 aromatic heterocycles. The van der Waals surface area contributed by atoms with E-state index in [1.807, 2.05) is 0 Å². The Hall–Kier alpha value is 0.130. The number of halogens is 4. The predicted molar refractivity (Wildman–Crippen MR) is 64.6 cm³/mol. The number of hydrogen-bond donors (Lipinski definition) is 0. The van der Waals surface area contributed by atoms with Crippen molar-refractivity contribution in [3.05, 3.63) is 27.2 Å². The van der Waals surface area contributed by atoms with Crippen molar-refractivity contribution in [3.8, 4) is 0 Å². The predicted octanol–water partition coefficient (Wildman–Crippen LogP) is 3.57. The maximum absolute atomic E-state index is 11.1. The summed E-state index contributed by atoms with van der Waals surface area (Å²) in [4.78, 5) is 0. The van der Waals surface area contributed by atoms with Crippen LogP contribution >= 0.6 is 46.6 Å². The third-order valence-electron chi connectivity index (χ3n) is 1.47. The Morgan fingerprint density at radius 1 is 1.07 bits per heavy atom. The van der Waals surface area contributed by atoms with Gasteiger partial charge < -0.3 is 0 Å². The molecule has 0 saturated carbocycles. The van der Waals surface area contributed by atoms with Crippen molar-refractivity contribution in [2.24, 2.45) is 0 Å². The Balaban J connectivity index is 3.33. The minimum absolute atomic E-state index is 0.0650. The average molecular weight is 309 g/mol. The van der Waals surface area contributed by atoms with Crippen LogP contribution in [0.1, 0.15) is 0 Å². The van der Waals surface area contributed by atoms with Gasteiger partial charge >= 0.3 is 0 Å². The van der Waals surface area contributed by atoms with Gasteiger partial charge in [0, 0.05) is 11.8 Å². The molecule has 0 N–H and O–H groups in total. The molecule has 1 aromatic rings. The maximum atomic E-state index is 11.1. The van der Waals surface area contributed by atoms with Gasteiger partial charge in [-0.25, -0.2) is 8.42 Å². The summed E-state index contributed by atoms with van der Waals surface area (Å²) < 4.78 is 22.8. The average Bonchev–Trinajstić information content (AvgIpc) is 2.08. The van der Waals surface area contributed by atoms with E-state index in [-0.39, 0.29) is 20.8 Å². The molecular formula is C7H5Cl4NO2S. The normalized spacial score (nSPS) is 11.5. The van der Waals surface area contributed by atoms with Crippen molar-refractivity contribution in [2.45, 2.75) is 0 Å². The molecule has 0 spiro atoms.